The van der Waals surface area contributed by atoms with Gasteiger partial charge in [-0.1, -0.05) is 32.9 Å². The highest BCUT2D eigenvalue weighted by atomic mass is 32.2. The number of carbonyl (C=O) groups is 2. The summed E-state index contributed by atoms with van der Waals surface area (Å²) in [6.45, 7) is 8.54. The standard InChI is InChI=1S/C17H24N2O2S/c1-11-5-6-12(17(2,3)4)9-14(11)22-10-15(20)19-16(21)18-13-7-8-13/h5-6,9,13H,7-8,10H2,1-4H3,(H2,18,19,20,21). The lowest BCUT2D eigenvalue weighted by Crippen LogP contribution is -2.41. The van der Waals surface area contributed by atoms with E-state index in [1.165, 1.54) is 17.3 Å². The van der Waals surface area contributed by atoms with Gasteiger partial charge in [-0.15, -0.1) is 11.8 Å². The number of benzene rings is 1. The smallest absolute Gasteiger partial charge is 0.321 e. The average Bonchev–Trinajstić information content (AvgIpc) is 3.20. The van der Waals surface area contributed by atoms with Crippen LogP contribution >= 0.6 is 11.8 Å². The van der Waals surface area contributed by atoms with Gasteiger partial charge < -0.3 is 5.32 Å². The highest BCUT2D eigenvalue weighted by molar-refractivity contribution is 8.00. The summed E-state index contributed by atoms with van der Waals surface area (Å²) in [5.41, 5.74) is 2.47. The molecule has 0 aromatic heterocycles. The van der Waals surface area contributed by atoms with Crippen molar-refractivity contribution in [1.29, 1.82) is 0 Å². The first-order chi connectivity index (χ1) is 10.3. The lowest BCUT2D eigenvalue weighted by atomic mass is 9.87. The molecule has 2 rings (SSSR count). The molecule has 1 fully saturated rings. The molecular formula is C17H24N2O2S. The molecule has 0 spiro atoms. The minimum atomic E-state index is -0.381. The molecule has 120 valence electrons. The van der Waals surface area contributed by atoms with Gasteiger partial charge in [0.1, 0.15) is 0 Å². The summed E-state index contributed by atoms with van der Waals surface area (Å²) in [5.74, 6) is -0.0179. The third-order valence-corrected chi connectivity index (χ3v) is 4.74. The van der Waals surface area contributed by atoms with Gasteiger partial charge in [-0.05, 0) is 42.4 Å². The largest absolute Gasteiger partial charge is 0.335 e. The molecule has 0 heterocycles. The van der Waals surface area contributed by atoms with Gasteiger partial charge in [0.2, 0.25) is 5.91 Å². The van der Waals surface area contributed by atoms with Crippen LogP contribution in [0.15, 0.2) is 23.1 Å². The van der Waals surface area contributed by atoms with Crippen molar-refractivity contribution in [1.82, 2.24) is 10.6 Å². The maximum Gasteiger partial charge on any atom is 0.321 e. The fourth-order valence-electron chi connectivity index (χ4n) is 1.98. The number of hydrogen-bond donors (Lipinski definition) is 2. The van der Waals surface area contributed by atoms with Gasteiger partial charge in [0.25, 0.3) is 0 Å². The van der Waals surface area contributed by atoms with Crippen LogP contribution in [0.25, 0.3) is 0 Å². The summed E-state index contributed by atoms with van der Waals surface area (Å²) >= 11 is 1.47. The molecule has 0 saturated heterocycles. The SMILES string of the molecule is Cc1ccc(C(C)(C)C)cc1SCC(=O)NC(=O)NC1CC1. The zero-order chi connectivity index (χ0) is 16.3. The second kappa shape index (κ2) is 6.73. The second-order valence-electron chi connectivity index (χ2n) is 6.81. The number of amides is 3. The number of aryl methyl sites for hydroxylation is 1. The molecular weight excluding hydrogens is 296 g/mol. The van der Waals surface area contributed by atoms with Crippen LogP contribution in [0.3, 0.4) is 0 Å². The monoisotopic (exact) mass is 320 g/mol. The van der Waals surface area contributed by atoms with E-state index in [2.05, 4.69) is 49.6 Å². The Balaban J connectivity index is 1.89. The third kappa shape index (κ3) is 5.05. The quantitative estimate of drug-likeness (QED) is 0.836. The topological polar surface area (TPSA) is 58.2 Å². The van der Waals surface area contributed by atoms with Crippen LogP contribution in [0, 0.1) is 6.92 Å². The molecule has 0 bridgehead atoms. The van der Waals surface area contributed by atoms with Crippen LogP contribution in [0.2, 0.25) is 0 Å². The Morgan fingerprint density at radius 3 is 2.55 bits per heavy atom. The Labute approximate surface area is 136 Å². The lowest BCUT2D eigenvalue weighted by molar-refractivity contribution is -0.117. The Kier molecular flexibility index (Phi) is 5.16. The van der Waals surface area contributed by atoms with Crippen LogP contribution < -0.4 is 10.6 Å². The highest BCUT2D eigenvalue weighted by Crippen LogP contribution is 2.29. The Hall–Kier alpha value is -1.49. The van der Waals surface area contributed by atoms with Crippen molar-refractivity contribution >= 4 is 23.7 Å². The summed E-state index contributed by atoms with van der Waals surface area (Å²) in [6, 6.07) is 6.22. The second-order valence-corrected chi connectivity index (χ2v) is 7.83. The number of thioether (sulfide) groups is 1. The maximum absolute atomic E-state index is 11.8. The van der Waals surface area contributed by atoms with Gasteiger partial charge in [0.15, 0.2) is 0 Å². The predicted molar refractivity (Wildman–Crippen MR) is 90.3 cm³/mol. The Morgan fingerprint density at radius 2 is 1.95 bits per heavy atom. The van der Waals surface area contributed by atoms with Crippen molar-refractivity contribution < 1.29 is 9.59 Å². The van der Waals surface area contributed by atoms with E-state index in [-0.39, 0.29) is 29.1 Å². The first-order valence-corrected chi connectivity index (χ1v) is 8.58. The molecule has 1 aromatic rings. The van der Waals surface area contributed by atoms with Crippen molar-refractivity contribution in [3.8, 4) is 0 Å². The molecule has 1 saturated carbocycles. The van der Waals surface area contributed by atoms with Crippen molar-refractivity contribution in [3.05, 3.63) is 29.3 Å². The Bertz CT molecular complexity index is 575. The molecule has 1 aliphatic rings. The minimum absolute atomic E-state index is 0.0788. The molecule has 0 unspecified atom stereocenters. The van der Waals surface area contributed by atoms with Gasteiger partial charge in [-0.3, -0.25) is 10.1 Å². The summed E-state index contributed by atoms with van der Waals surface area (Å²) in [4.78, 5) is 24.4. The maximum atomic E-state index is 11.8. The van der Waals surface area contributed by atoms with Crippen LogP contribution in [-0.4, -0.2) is 23.7 Å². The molecule has 3 amide bonds. The molecule has 1 aromatic carbocycles. The number of urea groups is 1. The molecule has 22 heavy (non-hydrogen) atoms. The van der Waals surface area contributed by atoms with Gasteiger partial charge in [0.05, 0.1) is 5.75 Å². The van der Waals surface area contributed by atoms with Gasteiger partial charge in [-0.2, -0.15) is 0 Å². The Morgan fingerprint density at radius 1 is 1.27 bits per heavy atom. The predicted octanol–water partition coefficient (Wildman–Crippen LogP) is 3.37. The van der Waals surface area contributed by atoms with E-state index in [1.54, 1.807) is 0 Å². The van der Waals surface area contributed by atoms with Crippen LogP contribution in [0.4, 0.5) is 4.79 Å². The van der Waals surface area contributed by atoms with E-state index in [4.69, 9.17) is 0 Å². The van der Waals surface area contributed by atoms with E-state index in [9.17, 15) is 9.59 Å². The van der Waals surface area contributed by atoms with Gasteiger partial charge >= 0.3 is 6.03 Å². The molecule has 0 radical (unpaired) electrons. The van der Waals surface area contributed by atoms with E-state index in [1.807, 2.05) is 6.92 Å². The number of imide groups is 1. The molecule has 0 atom stereocenters. The average molecular weight is 320 g/mol. The molecule has 2 N–H and O–H groups in total. The molecule has 4 nitrogen and oxygen atoms in total. The first-order valence-electron chi connectivity index (χ1n) is 7.60. The lowest BCUT2D eigenvalue weighted by Gasteiger charge is -2.20. The van der Waals surface area contributed by atoms with Crippen LogP contribution in [-0.2, 0) is 10.2 Å². The van der Waals surface area contributed by atoms with Crippen molar-refractivity contribution in [2.45, 2.75) is 56.9 Å². The van der Waals surface area contributed by atoms with Crippen LogP contribution in [0.1, 0.15) is 44.7 Å². The van der Waals surface area contributed by atoms with E-state index >= 15 is 0 Å². The molecule has 5 heteroatoms. The van der Waals surface area contributed by atoms with Crippen molar-refractivity contribution in [2.24, 2.45) is 0 Å². The zero-order valence-electron chi connectivity index (χ0n) is 13.7. The van der Waals surface area contributed by atoms with E-state index in [0.29, 0.717) is 0 Å². The fourth-order valence-corrected chi connectivity index (χ4v) is 2.84. The number of nitrogens with one attached hydrogen (secondary N) is 2. The number of carbonyl (C=O) groups excluding carboxylic acids is 2. The van der Waals surface area contributed by atoms with Crippen molar-refractivity contribution in [3.63, 3.8) is 0 Å². The summed E-state index contributed by atoms with van der Waals surface area (Å²) in [5, 5.41) is 5.12. The van der Waals surface area contributed by atoms with Gasteiger partial charge in [-0.25, -0.2) is 4.79 Å². The fraction of sp³-hybridized carbons (Fsp3) is 0.529. The third-order valence-electron chi connectivity index (χ3n) is 3.58. The molecule has 0 aliphatic heterocycles. The number of hydrogen-bond acceptors (Lipinski definition) is 3. The zero-order valence-corrected chi connectivity index (χ0v) is 14.5. The minimum Gasteiger partial charge on any atom is -0.335 e. The first kappa shape index (κ1) is 16.9. The van der Waals surface area contributed by atoms with Gasteiger partial charge in [0, 0.05) is 10.9 Å². The van der Waals surface area contributed by atoms with Crippen molar-refractivity contribution in [2.75, 3.05) is 5.75 Å². The van der Waals surface area contributed by atoms with E-state index in [0.717, 1.165) is 23.3 Å². The summed E-state index contributed by atoms with van der Waals surface area (Å²) in [7, 11) is 0. The summed E-state index contributed by atoms with van der Waals surface area (Å²) < 4.78 is 0. The number of rotatable bonds is 4. The highest BCUT2D eigenvalue weighted by Gasteiger charge is 2.24. The van der Waals surface area contributed by atoms with E-state index < -0.39 is 0 Å². The normalized spacial score (nSPS) is 14.5. The summed E-state index contributed by atoms with van der Waals surface area (Å²) in [6.07, 6.45) is 2.02. The molecule has 1 aliphatic carbocycles. The van der Waals surface area contributed by atoms with Crippen LogP contribution in [0.5, 0.6) is 0 Å².